The molecule has 0 fully saturated rings. The van der Waals surface area contributed by atoms with Crippen molar-refractivity contribution in [1.82, 2.24) is 0 Å². The third-order valence-corrected chi connectivity index (χ3v) is 5.89. The maximum atomic E-state index is 12.5. The molecule has 0 aromatic heterocycles. The summed E-state index contributed by atoms with van der Waals surface area (Å²) in [5.41, 5.74) is 2.52. The highest BCUT2D eigenvalue weighted by atomic mass is 16.7. The van der Waals surface area contributed by atoms with Gasteiger partial charge in [0.1, 0.15) is 0 Å². The minimum Gasteiger partial charge on any atom is -0.297 e. The van der Waals surface area contributed by atoms with Crippen molar-refractivity contribution >= 4 is 28.3 Å². The molecule has 0 aliphatic heterocycles. The van der Waals surface area contributed by atoms with Crippen LogP contribution in [0.2, 0.25) is 0 Å². The van der Waals surface area contributed by atoms with Crippen molar-refractivity contribution in [2.45, 2.75) is 71.1 Å². The first-order valence-corrected chi connectivity index (χ1v) is 12.4. The molecule has 0 saturated carbocycles. The first-order chi connectivity index (χ1) is 16.3. The zero-order valence-electron chi connectivity index (χ0n) is 19.8. The Labute approximate surface area is 198 Å². The van der Waals surface area contributed by atoms with Crippen LogP contribution < -0.4 is 5.32 Å². The van der Waals surface area contributed by atoms with Gasteiger partial charge in [-0.1, -0.05) is 130 Å². The number of oxime groups is 1. The minimum atomic E-state index is -0.577. The molecular weight excluding hydrogens is 408 g/mol. The number of benzene rings is 3. The Morgan fingerprint density at radius 1 is 0.758 bits per heavy atom. The molecule has 0 aliphatic carbocycles. The number of hydrogen-bond acceptors (Lipinski definition) is 3. The van der Waals surface area contributed by atoms with Gasteiger partial charge in [0.25, 0.3) is 0 Å². The summed E-state index contributed by atoms with van der Waals surface area (Å²) < 4.78 is 0. The quantitative estimate of drug-likeness (QED) is 0.124. The number of unbranched alkanes of at least 4 members (excludes halogenated alkanes) is 8. The van der Waals surface area contributed by atoms with Crippen molar-refractivity contribution in [2.24, 2.45) is 5.16 Å². The van der Waals surface area contributed by atoms with Gasteiger partial charge in [-0.05, 0) is 29.9 Å². The standard InChI is InChI=1S/C29H36N2O2/c1-2-3-4-5-6-7-8-9-13-22-27(25-18-11-10-12-19-25)31-33-29(32)30-28-23-16-20-24-17-14-15-21-26(24)28/h10-12,14-21,23H,2-9,13,22H2,1H3,(H,30,32). The third kappa shape index (κ3) is 8.38. The second-order valence-corrected chi connectivity index (χ2v) is 8.51. The van der Waals surface area contributed by atoms with Crippen LogP contribution in [-0.4, -0.2) is 11.8 Å². The van der Waals surface area contributed by atoms with Crippen LogP contribution in [0, 0.1) is 0 Å². The minimum absolute atomic E-state index is 0.577. The average Bonchev–Trinajstić information content (AvgIpc) is 2.85. The maximum absolute atomic E-state index is 12.5. The van der Waals surface area contributed by atoms with E-state index >= 15 is 0 Å². The van der Waals surface area contributed by atoms with Gasteiger partial charge in [0, 0.05) is 5.39 Å². The molecule has 0 radical (unpaired) electrons. The van der Waals surface area contributed by atoms with E-state index in [1.807, 2.05) is 72.8 Å². The van der Waals surface area contributed by atoms with Crippen molar-refractivity contribution < 1.29 is 9.63 Å². The van der Waals surface area contributed by atoms with Gasteiger partial charge in [-0.2, -0.15) is 0 Å². The van der Waals surface area contributed by atoms with Gasteiger partial charge in [-0.15, -0.1) is 0 Å². The number of fused-ring (bicyclic) bond motifs is 1. The zero-order chi connectivity index (χ0) is 23.1. The van der Waals surface area contributed by atoms with E-state index in [-0.39, 0.29) is 0 Å². The van der Waals surface area contributed by atoms with Crippen molar-refractivity contribution in [3.8, 4) is 0 Å². The van der Waals surface area contributed by atoms with E-state index in [1.54, 1.807) is 0 Å². The lowest BCUT2D eigenvalue weighted by Gasteiger charge is -2.09. The number of hydrogen-bond donors (Lipinski definition) is 1. The second-order valence-electron chi connectivity index (χ2n) is 8.51. The van der Waals surface area contributed by atoms with Crippen LogP contribution in [0.4, 0.5) is 10.5 Å². The number of anilines is 1. The molecule has 4 nitrogen and oxygen atoms in total. The van der Waals surface area contributed by atoms with Gasteiger partial charge in [-0.25, -0.2) is 4.79 Å². The van der Waals surface area contributed by atoms with E-state index in [0.717, 1.165) is 34.9 Å². The summed E-state index contributed by atoms with van der Waals surface area (Å²) in [6.45, 7) is 2.25. The fourth-order valence-electron chi connectivity index (χ4n) is 4.04. The first kappa shape index (κ1) is 24.5. The molecule has 0 spiro atoms. The summed E-state index contributed by atoms with van der Waals surface area (Å²) in [6.07, 6.45) is 11.7. The SMILES string of the molecule is CCCCCCCCCCCC(=NOC(=O)Nc1cccc2ccccc12)c1ccccc1. The van der Waals surface area contributed by atoms with E-state index in [1.165, 1.54) is 51.4 Å². The summed E-state index contributed by atoms with van der Waals surface area (Å²) >= 11 is 0. The van der Waals surface area contributed by atoms with Crippen molar-refractivity contribution in [1.29, 1.82) is 0 Å². The lowest BCUT2D eigenvalue weighted by molar-refractivity contribution is 0.166. The number of nitrogens with zero attached hydrogens (tertiary/aromatic N) is 1. The number of carbonyl (C=O) groups is 1. The van der Waals surface area contributed by atoms with Crippen LogP contribution in [0.25, 0.3) is 10.8 Å². The summed E-state index contributed by atoms with van der Waals surface area (Å²) in [6, 6.07) is 23.7. The molecular formula is C29H36N2O2. The van der Waals surface area contributed by atoms with Crippen LogP contribution in [0.3, 0.4) is 0 Å². The molecule has 3 aromatic rings. The Morgan fingerprint density at radius 3 is 2.15 bits per heavy atom. The predicted octanol–water partition coefficient (Wildman–Crippen LogP) is 8.71. The Bertz CT molecular complexity index is 1010. The molecule has 0 heterocycles. The average molecular weight is 445 g/mol. The highest BCUT2D eigenvalue weighted by Crippen LogP contribution is 2.23. The van der Waals surface area contributed by atoms with Gasteiger partial charge in [0.2, 0.25) is 0 Å². The predicted molar refractivity (Wildman–Crippen MR) is 139 cm³/mol. The largest absolute Gasteiger partial charge is 0.437 e. The summed E-state index contributed by atoms with van der Waals surface area (Å²) in [7, 11) is 0. The van der Waals surface area contributed by atoms with E-state index in [4.69, 9.17) is 4.84 Å². The molecule has 0 saturated heterocycles. The zero-order valence-corrected chi connectivity index (χ0v) is 19.8. The van der Waals surface area contributed by atoms with E-state index in [2.05, 4.69) is 17.4 Å². The van der Waals surface area contributed by atoms with E-state index < -0.39 is 6.09 Å². The van der Waals surface area contributed by atoms with Crippen molar-refractivity contribution in [2.75, 3.05) is 5.32 Å². The fourth-order valence-corrected chi connectivity index (χ4v) is 4.04. The number of amides is 1. The van der Waals surface area contributed by atoms with E-state index in [0.29, 0.717) is 5.69 Å². The molecule has 3 rings (SSSR count). The number of carbonyl (C=O) groups excluding carboxylic acids is 1. The molecule has 174 valence electrons. The molecule has 0 bridgehead atoms. The molecule has 1 N–H and O–H groups in total. The van der Waals surface area contributed by atoms with Gasteiger partial charge in [0.05, 0.1) is 11.4 Å². The lowest BCUT2D eigenvalue weighted by atomic mass is 10.0. The van der Waals surface area contributed by atoms with Crippen LogP contribution >= 0.6 is 0 Å². The highest BCUT2D eigenvalue weighted by molar-refractivity contribution is 6.02. The molecule has 0 unspecified atom stereocenters. The van der Waals surface area contributed by atoms with Gasteiger partial charge in [-0.3, -0.25) is 10.2 Å². The monoisotopic (exact) mass is 444 g/mol. The first-order valence-electron chi connectivity index (χ1n) is 12.4. The molecule has 1 amide bonds. The van der Waals surface area contributed by atoms with Crippen LogP contribution in [-0.2, 0) is 4.84 Å². The molecule has 33 heavy (non-hydrogen) atoms. The summed E-state index contributed by atoms with van der Waals surface area (Å²) in [5.74, 6) is 0. The molecule has 4 heteroatoms. The fraction of sp³-hybridized carbons (Fsp3) is 0.379. The summed E-state index contributed by atoms with van der Waals surface area (Å²) in [4.78, 5) is 17.8. The van der Waals surface area contributed by atoms with Crippen LogP contribution in [0.5, 0.6) is 0 Å². The molecule has 0 atom stereocenters. The Balaban J connectivity index is 1.52. The number of nitrogens with one attached hydrogen (secondary N) is 1. The van der Waals surface area contributed by atoms with Crippen molar-refractivity contribution in [3.63, 3.8) is 0 Å². The molecule has 3 aromatic carbocycles. The Morgan fingerprint density at radius 2 is 1.39 bits per heavy atom. The van der Waals surface area contributed by atoms with Gasteiger partial charge >= 0.3 is 6.09 Å². The van der Waals surface area contributed by atoms with Gasteiger partial charge < -0.3 is 0 Å². The smallest absolute Gasteiger partial charge is 0.297 e. The lowest BCUT2D eigenvalue weighted by Crippen LogP contribution is -2.13. The number of rotatable bonds is 13. The Kier molecular flexibility index (Phi) is 10.5. The Hall–Kier alpha value is -3.14. The topological polar surface area (TPSA) is 50.7 Å². The van der Waals surface area contributed by atoms with Crippen molar-refractivity contribution in [3.05, 3.63) is 78.4 Å². The molecule has 0 aliphatic rings. The van der Waals surface area contributed by atoms with Gasteiger partial charge in [0.15, 0.2) is 0 Å². The normalized spacial score (nSPS) is 11.5. The van der Waals surface area contributed by atoms with E-state index in [9.17, 15) is 4.79 Å². The third-order valence-electron chi connectivity index (χ3n) is 5.89. The maximum Gasteiger partial charge on any atom is 0.437 e. The van der Waals surface area contributed by atoms with Crippen LogP contribution in [0.15, 0.2) is 78.0 Å². The highest BCUT2D eigenvalue weighted by Gasteiger charge is 2.09. The summed E-state index contributed by atoms with van der Waals surface area (Å²) in [5, 5.41) is 9.11. The van der Waals surface area contributed by atoms with Crippen LogP contribution in [0.1, 0.15) is 76.7 Å². The second kappa shape index (κ2) is 14.1.